The third-order valence-electron chi connectivity index (χ3n) is 3.76. The SMILES string of the molecule is COc1cc(OCC(O)CN2CCNCC2)cc(OC)c1OC. The zero-order chi connectivity index (χ0) is 16.7. The molecule has 23 heavy (non-hydrogen) atoms. The lowest BCUT2D eigenvalue weighted by atomic mass is 10.2. The summed E-state index contributed by atoms with van der Waals surface area (Å²) in [5.74, 6) is 2.14. The Morgan fingerprint density at radius 2 is 1.70 bits per heavy atom. The van der Waals surface area contributed by atoms with Crippen LogP contribution in [0.2, 0.25) is 0 Å². The first-order chi connectivity index (χ1) is 11.2. The van der Waals surface area contributed by atoms with Crippen LogP contribution in [0.3, 0.4) is 0 Å². The fourth-order valence-corrected chi connectivity index (χ4v) is 2.58. The van der Waals surface area contributed by atoms with E-state index in [0.717, 1.165) is 26.2 Å². The highest BCUT2D eigenvalue weighted by atomic mass is 16.5. The van der Waals surface area contributed by atoms with Gasteiger partial charge in [0.15, 0.2) is 11.5 Å². The van der Waals surface area contributed by atoms with E-state index in [-0.39, 0.29) is 6.61 Å². The third-order valence-corrected chi connectivity index (χ3v) is 3.76. The molecule has 0 amide bonds. The predicted octanol–water partition coefficient (Wildman–Crippen LogP) is 0.357. The van der Waals surface area contributed by atoms with Crippen LogP contribution in [0.15, 0.2) is 12.1 Å². The topological polar surface area (TPSA) is 72.4 Å². The Balaban J connectivity index is 1.93. The lowest BCUT2D eigenvalue weighted by molar-refractivity contribution is 0.0639. The van der Waals surface area contributed by atoms with Gasteiger partial charge in [-0.1, -0.05) is 0 Å². The van der Waals surface area contributed by atoms with Crippen molar-refractivity contribution in [1.82, 2.24) is 10.2 Å². The summed E-state index contributed by atoms with van der Waals surface area (Å²) in [7, 11) is 4.67. The second-order valence-electron chi connectivity index (χ2n) is 5.38. The number of ether oxygens (including phenoxy) is 4. The first-order valence-electron chi connectivity index (χ1n) is 7.72. The Bertz CT molecular complexity index is 466. The maximum Gasteiger partial charge on any atom is 0.203 e. The summed E-state index contributed by atoms with van der Waals surface area (Å²) >= 11 is 0. The molecule has 1 aromatic carbocycles. The molecule has 0 aliphatic carbocycles. The summed E-state index contributed by atoms with van der Waals surface area (Å²) in [6.07, 6.45) is -0.549. The average Bonchev–Trinajstić information content (AvgIpc) is 2.59. The second-order valence-corrected chi connectivity index (χ2v) is 5.38. The Morgan fingerprint density at radius 1 is 1.09 bits per heavy atom. The number of hydrogen-bond donors (Lipinski definition) is 2. The Morgan fingerprint density at radius 3 is 2.22 bits per heavy atom. The summed E-state index contributed by atoms with van der Waals surface area (Å²) in [5, 5.41) is 13.4. The molecule has 0 saturated carbocycles. The highest BCUT2D eigenvalue weighted by Gasteiger charge is 2.17. The van der Waals surface area contributed by atoms with Gasteiger partial charge in [-0.05, 0) is 0 Å². The minimum absolute atomic E-state index is 0.211. The van der Waals surface area contributed by atoms with Crippen LogP contribution in [0.5, 0.6) is 23.0 Å². The van der Waals surface area contributed by atoms with E-state index in [9.17, 15) is 5.11 Å². The molecule has 1 aliphatic rings. The zero-order valence-electron chi connectivity index (χ0n) is 14.0. The molecule has 2 N–H and O–H groups in total. The maximum atomic E-state index is 10.1. The molecule has 0 spiro atoms. The summed E-state index contributed by atoms with van der Waals surface area (Å²) in [6, 6.07) is 3.44. The second kappa shape index (κ2) is 8.81. The molecular formula is C16H26N2O5. The molecule has 0 bridgehead atoms. The normalized spacial score (nSPS) is 16.7. The van der Waals surface area contributed by atoms with Gasteiger partial charge in [0.1, 0.15) is 18.5 Å². The lowest BCUT2D eigenvalue weighted by Crippen LogP contribution is -2.47. The number of rotatable bonds is 8. The number of nitrogens with zero attached hydrogens (tertiary/aromatic N) is 1. The quantitative estimate of drug-likeness (QED) is 0.714. The van der Waals surface area contributed by atoms with Crippen molar-refractivity contribution in [3.63, 3.8) is 0 Å². The van der Waals surface area contributed by atoms with E-state index in [0.29, 0.717) is 29.5 Å². The van der Waals surface area contributed by atoms with Crippen molar-refractivity contribution in [3.8, 4) is 23.0 Å². The molecule has 2 rings (SSSR count). The molecule has 1 aromatic rings. The number of β-amino-alcohol motifs (C(OH)–C–C–N with tert-alkyl or cyclic N) is 1. The van der Waals surface area contributed by atoms with Crippen molar-refractivity contribution >= 4 is 0 Å². The van der Waals surface area contributed by atoms with Crippen molar-refractivity contribution in [2.75, 3.05) is 60.7 Å². The summed E-state index contributed by atoms with van der Waals surface area (Å²) < 4.78 is 21.5. The van der Waals surface area contributed by atoms with Crippen LogP contribution in [-0.2, 0) is 0 Å². The maximum absolute atomic E-state index is 10.1. The van der Waals surface area contributed by atoms with Gasteiger partial charge in [0.2, 0.25) is 5.75 Å². The van der Waals surface area contributed by atoms with Crippen molar-refractivity contribution in [1.29, 1.82) is 0 Å². The lowest BCUT2D eigenvalue weighted by Gasteiger charge is -2.29. The van der Waals surface area contributed by atoms with Gasteiger partial charge >= 0.3 is 0 Å². The molecule has 1 fully saturated rings. The molecule has 0 aromatic heterocycles. The van der Waals surface area contributed by atoms with Crippen molar-refractivity contribution in [3.05, 3.63) is 12.1 Å². The highest BCUT2D eigenvalue weighted by Crippen LogP contribution is 2.40. The number of aliphatic hydroxyl groups excluding tert-OH is 1. The predicted molar refractivity (Wildman–Crippen MR) is 86.9 cm³/mol. The molecule has 1 unspecified atom stereocenters. The molecule has 1 aliphatic heterocycles. The van der Waals surface area contributed by atoms with Crippen LogP contribution in [0.25, 0.3) is 0 Å². The summed E-state index contributed by atoms with van der Waals surface area (Å²) in [5.41, 5.74) is 0. The van der Waals surface area contributed by atoms with Crippen LogP contribution in [-0.4, -0.2) is 76.8 Å². The van der Waals surface area contributed by atoms with Crippen molar-refractivity contribution < 1.29 is 24.1 Å². The number of piperazine rings is 1. The standard InChI is InChI=1S/C16H26N2O5/c1-20-14-8-13(9-15(21-2)16(14)22-3)23-11-12(19)10-18-6-4-17-5-7-18/h8-9,12,17,19H,4-7,10-11H2,1-3H3. The fourth-order valence-electron chi connectivity index (χ4n) is 2.58. The molecule has 0 radical (unpaired) electrons. The van der Waals surface area contributed by atoms with Gasteiger partial charge in [-0.15, -0.1) is 0 Å². The van der Waals surface area contributed by atoms with Crippen LogP contribution >= 0.6 is 0 Å². The van der Waals surface area contributed by atoms with E-state index in [2.05, 4.69) is 10.2 Å². The smallest absolute Gasteiger partial charge is 0.203 e. The molecule has 130 valence electrons. The first-order valence-corrected chi connectivity index (χ1v) is 7.72. The number of methoxy groups -OCH3 is 3. The zero-order valence-corrected chi connectivity index (χ0v) is 14.0. The van der Waals surface area contributed by atoms with E-state index >= 15 is 0 Å². The van der Waals surface area contributed by atoms with Gasteiger partial charge in [0.05, 0.1) is 21.3 Å². The van der Waals surface area contributed by atoms with E-state index < -0.39 is 6.10 Å². The van der Waals surface area contributed by atoms with Crippen LogP contribution in [0, 0.1) is 0 Å². The van der Waals surface area contributed by atoms with Gasteiger partial charge < -0.3 is 29.4 Å². The van der Waals surface area contributed by atoms with Gasteiger partial charge in [-0.3, -0.25) is 4.90 Å². The van der Waals surface area contributed by atoms with Crippen molar-refractivity contribution in [2.24, 2.45) is 0 Å². The first kappa shape index (κ1) is 17.7. The minimum atomic E-state index is -0.549. The number of nitrogens with one attached hydrogen (secondary N) is 1. The third kappa shape index (κ3) is 4.89. The number of aliphatic hydroxyl groups is 1. The molecule has 1 saturated heterocycles. The molecule has 7 nitrogen and oxygen atoms in total. The van der Waals surface area contributed by atoms with Crippen molar-refractivity contribution in [2.45, 2.75) is 6.10 Å². The van der Waals surface area contributed by atoms with Gasteiger partial charge in [0, 0.05) is 44.9 Å². The van der Waals surface area contributed by atoms with E-state index in [4.69, 9.17) is 18.9 Å². The van der Waals surface area contributed by atoms with Gasteiger partial charge in [-0.25, -0.2) is 0 Å². The number of benzene rings is 1. The monoisotopic (exact) mass is 326 g/mol. The molecule has 1 atom stereocenters. The van der Waals surface area contributed by atoms with E-state index in [1.165, 1.54) is 0 Å². The summed E-state index contributed by atoms with van der Waals surface area (Å²) in [4.78, 5) is 2.22. The van der Waals surface area contributed by atoms with Crippen LogP contribution in [0.1, 0.15) is 0 Å². The minimum Gasteiger partial charge on any atom is -0.493 e. The van der Waals surface area contributed by atoms with E-state index in [1.54, 1.807) is 33.5 Å². The van der Waals surface area contributed by atoms with Gasteiger partial charge in [-0.2, -0.15) is 0 Å². The Labute approximate surface area is 137 Å². The largest absolute Gasteiger partial charge is 0.493 e. The summed E-state index contributed by atoms with van der Waals surface area (Å²) in [6.45, 7) is 4.62. The number of hydrogen-bond acceptors (Lipinski definition) is 7. The van der Waals surface area contributed by atoms with Gasteiger partial charge in [0.25, 0.3) is 0 Å². The van der Waals surface area contributed by atoms with E-state index in [1.807, 2.05) is 0 Å². The fraction of sp³-hybridized carbons (Fsp3) is 0.625. The van der Waals surface area contributed by atoms with Crippen LogP contribution in [0.4, 0.5) is 0 Å². The molecule has 7 heteroatoms. The average molecular weight is 326 g/mol. The molecular weight excluding hydrogens is 300 g/mol. The Kier molecular flexibility index (Phi) is 6.76. The Hall–Kier alpha value is -1.70. The highest BCUT2D eigenvalue weighted by molar-refractivity contribution is 5.55. The van der Waals surface area contributed by atoms with Crippen LogP contribution < -0.4 is 24.3 Å². The molecule has 1 heterocycles.